The molecule has 0 heterocycles. The second kappa shape index (κ2) is 4.25. The molecule has 0 aromatic heterocycles. The number of carbonyl (C=O) groups is 1. The maximum Gasteiger partial charge on any atom is 0.333 e. The molecule has 0 radical (unpaired) electrons. The van der Waals surface area contributed by atoms with Gasteiger partial charge in [0.25, 0.3) is 5.24 Å². The van der Waals surface area contributed by atoms with Crippen LogP contribution in [0, 0.1) is 0 Å². The summed E-state index contributed by atoms with van der Waals surface area (Å²) in [4.78, 5) is 9.86. The van der Waals surface area contributed by atoms with Crippen LogP contribution in [0.1, 0.15) is 10.4 Å². The Morgan fingerprint density at radius 1 is 1.27 bits per heavy atom. The van der Waals surface area contributed by atoms with Gasteiger partial charge in [-0.05, 0) is 23.7 Å². The zero-order chi connectivity index (χ0) is 11.8. The summed E-state index contributed by atoms with van der Waals surface area (Å²) < 4.78 is 33.9. The molecule has 0 fully saturated rings. The van der Waals surface area contributed by atoms with Crippen LogP contribution >= 0.6 is 34.8 Å². The first-order chi connectivity index (χ1) is 6.73. The van der Waals surface area contributed by atoms with Crippen LogP contribution in [0.15, 0.2) is 17.0 Å². The molecule has 0 N–H and O–H groups in total. The highest BCUT2D eigenvalue weighted by Gasteiger charge is 2.21. The van der Waals surface area contributed by atoms with Crippen LogP contribution < -0.4 is 0 Å². The number of carbonyl (C=O) groups excluding carboxylic acids is 1. The van der Waals surface area contributed by atoms with E-state index in [1.807, 2.05) is 0 Å². The van der Waals surface area contributed by atoms with Crippen molar-refractivity contribution in [2.45, 2.75) is 4.90 Å². The Hall–Kier alpha value is -0.360. The molecule has 3 nitrogen and oxygen atoms in total. The van der Waals surface area contributed by atoms with Crippen LogP contribution in [0.5, 0.6) is 0 Å². The molecule has 0 atom stereocenters. The lowest BCUT2D eigenvalue weighted by molar-refractivity contribution is 0.108. The van der Waals surface area contributed by atoms with E-state index in [-0.39, 0.29) is 10.6 Å². The van der Waals surface area contributed by atoms with Gasteiger partial charge in [0.1, 0.15) is 4.90 Å². The number of halogens is 4. The SMILES string of the molecule is O=C(Cl)c1cc(Cl)c(Cl)c(S(=O)(=O)F)c1. The molecule has 0 spiro atoms. The standard InChI is InChI=1S/C7H2Cl3FO3S/c8-4-1-3(7(10)12)2-5(6(4)9)15(11,13)14/h1-2H. The molecule has 8 heteroatoms. The van der Waals surface area contributed by atoms with Crippen molar-refractivity contribution in [3.05, 3.63) is 27.7 Å². The third-order valence-electron chi connectivity index (χ3n) is 1.48. The molecule has 1 aromatic rings. The third-order valence-corrected chi connectivity index (χ3v) is 3.46. The summed E-state index contributed by atoms with van der Waals surface area (Å²) in [6.45, 7) is 0. The highest BCUT2D eigenvalue weighted by molar-refractivity contribution is 7.86. The first-order valence-electron chi connectivity index (χ1n) is 3.37. The lowest BCUT2D eigenvalue weighted by atomic mass is 10.2. The van der Waals surface area contributed by atoms with Gasteiger partial charge in [0, 0.05) is 5.56 Å². The van der Waals surface area contributed by atoms with E-state index in [9.17, 15) is 17.1 Å². The first kappa shape index (κ1) is 12.7. The van der Waals surface area contributed by atoms with E-state index < -0.39 is 25.4 Å². The van der Waals surface area contributed by atoms with Gasteiger partial charge in [-0.15, -0.1) is 3.89 Å². The second-order valence-corrected chi connectivity index (χ2v) is 4.93. The Bertz CT molecular complexity index is 527. The van der Waals surface area contributed by atoms with Crippen LogP contribution in [-0.4, -0.2) is 13.7 Å². The Kier molecular flexibility index (Phi) is 3.60. The van der Waals surface area contributed by atoms with E-state index in [0.717, 1.165) is 12.1 Å². The van der Waals surface area contributed by atoms with Gasteiger partial charge in [-0.1, -0.05) is 23.2 Å². The predicted molar refractivity (Wildman–Crippen MR) is 54.9 cm³/mol. The highest BCUT2D eigenvalue weighted by Crippen LogP contribution is 2.32. The van der Waals surface area contributed by atoms with Crippen LogP contribution in [0.2, 0.25) is 10.0 Å². The van der Waals surface area contributed by atoms with E-state index in [1.165, 1.54) is 0 Å². The number of rotatable bonds is 2. The second-order valence-electron chi connectivity index (χ2n) is 2.48. The summed E-state index contributed by atoms with van der Waals surface area (Å²) in [7, 11) is -5.04. The van der Waals surface area contributed by atoms with Crippen molar-refractivity contribution in [3.63, 3.8) is 0 Å². The van der Waals surface area contributed by atoms with Crippen molar-refractivity contribution in [1.29, 1.82) is 0 Å². The Balaban J connectivity index is 3.59. The van der Waals surface area contributed by atoms with Gasteiger partial charge in [-0.25, -0.2) is 0 Å². The molecule has 0 aliphatic heterocycles. The van der Waals surface area contributed by atoms with Crippen molar-refractivity contribution in [1.82, 2.24) is 0 Å². The summed E-state index contributed by atoms with van der Waals surface area (Å²) in [6, 6.07) is 1.77. The molecule has 0 unspecified atom stereocenters. The van der Waals surface area contributed by atoms with E-state index in [1.54, 1.807) is 0 Å². The van der Waals surface area contributed by atoms with E-state index >= 15 is 0 Å². The summed E-state index contributed by atoms with van der Waals surface area (Å²) in [6.07, 6.45) is 0. The first-order valence-corrected chi connectivity index (χ1v) is 5.88. The fourth-order valence-corrected chi connectivity index (χ4v) is 2.22. The molecule has 82 valence electrons. The maximum atomic E-state index is 12.7. The van der Waals surface area contributed by atoms with Crippen LogP contribution in [0.4, 0.5) is 3.89 Å². The monoisotopic (exact) mass is 290 g/mol. The molecule has 1 aromatic carbocycles. The Labute approximate surface area is 100.0 Å². The molecule has 0 saturated heterocycles. The van der Waals surface area contributed by atoms with E-state index in [0.29, 0.717) is 0 Å². The molecule has 0 saturated carbocycles. The predicted octanol–water partition coefficient (Wildman–Crippen LogP) is 3.03. The molecule has 0 aliphatic rings. The summed E-state index contributed by atoms with van der Waals surface area (Å²) >= 11 is 16.0. The van der Waals surface area contributed by atoms with E-state index in [2.05, 4.69) is 0 Å². The molecule has 1 rings (SSSR count). The normalized spacial score (nSPS) is 11.5. The van der Waals surface area contributed by atoms with Gasteiger partial charge in [0.15, 0.2) is 0 Å². The fraction of sp³-hybridized carbons (Fsp3) is 0. The zero-order valence-electron chi connectivity index (χ0n) is 6.80. The Morgan fingerprint density at radius 3 is 2.20 bits per heavy atom. The minimum absolute atomic E-state index is 0.248. The molecule has 15 heavy (non-hydrogen) atoms. The minimum atomic E-state index is -5.04. The quantitative estimate of drug-likeness (QED) is 0.787. The third kappa shape index (κ3) is 2.81. The van der Waals surface area contributed by atoms with Crippen molar-refractivity contribution in [2.75, 3.05) is 0 Å². The van der Waals surface area contributed by atoms with Crippen LogP contribution in [0.25, 0.3) is 0 Å². The van der Waals surface area contributed by atoms with Crippen molar-refractivity contribution in [3.8, 4) is 0 Å². The van der Waals surface area contributed by atoms with Crippen molar-refractivity contribution >= 4 is 50.3 Å². The largest absolute Gasteiger partial charge is 0.333 e. The van der Waals surface area contributed by atoms with Gasteiger partial charge >= 0.3 is 10.2 Å². The fourth-order valence-electron chi connectivity index (χ4n) is 0.855. The highest BCUT2D eigenvalue weighted by atomic mass is 35.5. The van der Waals surface area contributed by atoms with Crippen molar-refractivity contribution < 1.29 is 17.1 Å². The Morgan fingerprint density at radius 2 is 1.80 bits per heavy atom. The van der Waals surface area contributed by atoms with E-state index in [4.69, 9.17) is 34.8 Å². The summed E-state index contributed by atoms with van der Waals surface area (Å²) in [5.41, 5.74) is -0.248. The van der Waals surface area contributed by atoms with Gasteiger partial charge in [-0.2, -0.15) is 8.42 Å². The zero-order valence-corrected chi connectivity index (χ0v) is 9.88. The smallest absolute Gasteiger partial charge is 0.276 e. The molecular weight excluding hydrogens is 289 g/mol. The van der Waals surface area contributed by atoms with Gasteiger partial charge in [-0.3, -0.25) is 4.79 Å². The van der Waals surface area contributed by atoms with Gasteiger partial charge in [0.05, 0.1) is 10.0 Å². The average molecular weight is 292 g/mol. The lowest BCUT2D eigenvalue weighted by Gasteiger charge is -2.03. The number of benzene rings is 1. The molecular formula is C7H2Cl3FO3S. The average Bonchev–Trinajstić information content (AvgIpc) is 2.06. The molecule has 0 aliphatic carbocycles. The van der Waals surface area contributed by atoms with Crippen LogP contribution in [-0.2, 0) is 10.2 Å². The summed E-state index contributed by atoms with van der Waals surface area (Å²) in [5, 5.41) is -1.71. The van der Waals surface area contributed by atoms with Gasteiger partial charge in [0.2, 0.25) is 0 Å². The number of hydrogen-bond donors (Lipinski definition) is 0. The van der Waals surface area contributed by atoms with Crippen LogP contribution in [0.3, 0.4) is 0 Å². The molecule has 0 bridgehead atoms. The van der Waals surface area contributed by atoms with Gasteiger partial charge < -0.3 is 0 Å². The topological polar surface area (TPSA) is 51.2 Å². The molecule has 0 amide bonds. The lowest BCUT2D eigenvalue weighted by Crippen LogP contribution is -1.98. The minimum Gasteiger partial charge on any atom is -0.276 e. The summed E-state index contributed by atoms with van der Waals surface area (Å²) in [5.74, 6) is 0. The van der Waals surface area contributed by atoms with Crippen molar-refractivity contribution in [2.24, 2.45) is 0 Å². The number of hydrogen-bond acceptors (Lipinski definition) is 3. The maximum absolute atomic E-state index is 12.7.